The van der Waals surface area contributed by atoms with Crippen LogP contribution in [0.4, 0.5) is 0 Å². The highest BCUT2D eigenvalue weighted by atomic mass is 16.5. The molecule has 0 N–H and O–H groups in total. The maximum atomic E-state index is 7.23. The molecule has 13 heteroatoms. The molecule has 0 spiro atoms. The van der Waals surface area contributed by atoms with Gasteiger partial charge in [0.15, 0.2) is 0 Å². The Hall–Kier alpha value is -8.50. The van der Waals surface area contributed by atoms with Gasteiger partial charge in [-0.15, -0.1) is 0 Å². The first-order valence-corrected chi connectivity index (χ1v) is 32.3. The summed E-state index contributed by atoms with van der Waals surface area (Å²) in [6.45, 7) is 8.03. The maximum Gasteiger partial charge on any atom is 0.143 e. The van der Waals surface area contributed by atoms with Crippen LogP contribution < -0.4 is 28.4 Å². The van der Waals surface area contributed by atoms with Crippen LogP contribution in [0.15, 0.2) is 237 Å². The van der Waals surface area contributed by atoms with Crippen LogP contribution >= 0.6 is 0 Å². The van der Waals surface area contributed by atoms with Gasteiger partial charge in [0.2, 0.25) is 0 Å². The van der Waals surface area contributed by atoms with Crippen LogP contribution in [-0.4, -0.2) is 115 Å². The molecule has 0 saturated heterocycles. The van der Waals surface area contributed by atoms with Gasteiger partial charge in [-0.2, -0.15) is 0 Å². The standard InChI is InChI=1S/C81H91O13/c1-8-9-52-88-59-78(60-89-53-19-56-92-79(63-22-13-10-14-23-63,66-28-40-72(82-2)41-29-66)67-30-42-73(83-3)43-31-67,61-90-54-20-57-93-80(64-24-15-11-16-25-64,68-32-44-74(84-4)45-33-68)69-34-46-75(85-5)47-35-69)62-91-55-21-58-94-81(65-26-17-12-18-27-65,70-36-48-76(86-6)49-37-70)71-38-50-77(87-7)51-39-71/h10-18,22-51H,1,8-9,19-21,52-62H2,2-7H3. The normalized spacial score (nSPS) is 11.9. The first-order valence-electron chi connectivity index (χ1n) is 32.3. The molecular weight excluding hydrogens is 1180 g/mol. The van der Waals surface area contributed by atoms with E-state index in [1.807, 2.05) is 127 Å². The molecule has 0 amide bonds. The van der Waals surface area contributed by atoms with Crippen molar-refractivity contribution in [3.8, 4) is 34.5 Å². The molecule has 1 radical (unpaired) electrons. The fraction of sp³-hybridized carbons (Fsp3) is 0.321. The third-order valence-corrected chi connectivity index (χ3v) is 16.9. The van der Waals surface area contributed by atoms with E-state index in [2.05, 4.69) is 116 Å². The molecule has 0 heterocycles. The molecule has 0 aromatic heterocycles. The minimum absolute atomic E-state index is 0.281. The highest BCUT2D eigenvalue weighted by molar-refractivity contribution is 5.53. The molecule has 0 aliphatic carbocycles. The number of unbranched alkanes of at least 4 members (excludes halogenated alkanes) is 1. The summed E-state index contributed by atoms with van der Waals surface area (Å²) in [4.78, 5) is 0. The van der Waals surface area contributed by atoms with E-state index in [0.29, 0.717) is 72.1 Å². The van der Waals surface area contributed by atoms with Gasteiger partial charge in [-0.3, -0.25) is 0 Å². The van der Waals surface area contributed by atoms with E-state index >= 15 is 0 Å². The van der Waals surface area contributed by atoms with E-state index in [9.17, 15) is 0 Å². The summed E-state index contributed by atoms with van der Waals surface area (Å²) >= 11 is 0. The Bertz CT molecular complexity index is 3040. The van der Waals surface area contributed by atoms with Gasteiger partial charge in [0.05, 0.1) is 94.3 Å². The number of hydrogen-bond acceptors (Lipinski definition) is 13. The molecule has 0 aliphatic rings. The van der Waals surface area contributed by atoms with Crippen molar-refractivity contribution in [1.82, 2.24) is 0 Å². The Labute approximate surface area is 556 Å². The van der Waals surface area contributed by atoms with Crippen molar-refractivity contribution in [1.29, 1.82) is 0 Å². The second-order valence-electron chi connectivity index (χ2n) is 23.0. The van der Waals surface area contributed by atoms with E-state index < -0.39 is 22.2 Å². The summed E-state index contributed by atoms with van der Waals surface area (Å²) in [6.07, 6.45) is 3.27. The Morgan fingerprint density at radius 1 is 0.234 bits per heavy atom. The second kappa shape index (κ2) is 35.7. The molecule has 0 unspecified atom stereocenters. The molecule has 0 bridgehead atoms. The van der Waals surface area contributed by atoms with E-state index in [1.165, 1.54) is 0 Å². The zero-order chi connectivity index (χ0) is 65.7. The molecule has 0 atom stereocenters. The Morgan fingerprint density at radius 3 is 0.617 bits per heavy atom. The largest absolute Gasteiger partial charge is 0.497 e. The zero-order valence-corrected chi connectivity index (χ0v) is 55.3. The average Bonchev–Trinajstić information content (AvgIpc) is 0.786. The van der Waals surface area contributed by atoms with Gasteiger partial charge < -0.3 is 61.6 Å². The highest BCUT2D eigenvalue weighted by Crippen LogP contribution is 2.45. The quantitative estimate of drug-likeness (QED) is 0.0267. The van der Waals surface area contributed by atoms with Crippen molar-refractivity contribution in [2.24, 2.45) is 5.41 Å². The van der Waals surface area contributed by atoms with Crippen LogP contribution in [0.25, 0.3) is 0 Å². The van der Waals surface area contributed by atoms with E-state index in [1.54, 1.807) is 42.7 Å². The van der Waals surface area contributed by atoms with Crippen LogP contribution in [0.1, 0.15) is 82.2 Å². The number of hydrogen-bond donors (Lipinski definition) is 0. The Kier molecular flexibility index (Phi) is 26.5. The van der Waals surface area contributed by atoms with E-state index in [-0.39, 0.29) is 19.8 Å². The van der Waals surface area contributed by atoms with Gasteiger partial charge in [-0.1, -0.05) is 177 Å². The number of ether oxygens (including phenoxy) is 13. The molecule has 493 valence electrons. The average molecular weight is 1270 g/mol. The van der Waals surface area contributed by atoms with Crippen molar-refractivity contribution in [2.45, 2.75) is 48.9 Å². The summed E-state index contributed by atoms with van der Waals surface area (Å²) in [5, 5.41) is 0. The van der Waals surface area contributed by atoms with Crippen molar-refractivity contribution in [2.75, 3.05) is 115 Å². The fourth-order valence-electron chi connectivity index (χ4n) is 12.0. The fourth-order valence-corrected chi connectivity index (χ4v) is 12.0. The summed E-state index contributed by atoms with van der Waals surface area (Å²) in [5.41, 5.74) is 4.99. The molecule has 0 aliphatic heterocycles. The molecule has 13 nitrogen and oxygen atoms in total. The summed E-state index contributed by atoms with van der Waals surface area (Å²) in [7, 11) is 10.0. The molecule has 9 rings (SSSR count). The molecule has 0 saturated carbocycles. The number of methoxy groups -OCH3 is 6. The smallest absolute Gasteiger partial charge is 0.143 e. The monoisotopic (exact) mass is 1270 g/mol. The van der Waals surface area contributed by atoms with Crippen LogP contribution in [0.2, 0.25) is 0 Å². The van der Waals surface area contributed by atoms with Gasteiger partial charge in [-0.05, 0) is 149 Å². The summed E-state index contributed by atoms with van der Waals surface area (Å²) in [5.74, 6) is 4.51. The van der Waals surface area contributed by atoms with Crippen LogP contribution in [0, 0.1) is 12.3 Å². The maximum absolute atomic E-state index is 7.23. The first-order chi connectivity index (χ1) is 46.2. The zero-order valence-electron chi connectivity index (χ0n) is 55.3. The predicted molar refractivity (Wildman–Crippen MR) is 369 cm³/mol. The molecule has 9 aromatic carbocycles. The summed E-state index contributed by atoms with van der Waals surface area (Å²) < 4.78 is 82.3. The topological polar surface area (TPSA) is 120 Å². The number of rotatable bonds is 41. The number of benzene rings is 9. The highest BCUT2D eigenvalue weighted by Gasteiger charge is 2.41. The van der Waals surface area contributed by atoms with Gasteiger partial charge in [0.25, 0.3) is 0 Å². The van der Waals surface area contributed by atoms with E-state index in [4.69, 9.17) is 61.6 Å². The van der Waals surface area contributed by atoms with Crippen LogP contribution in [-0.2, 0) is 50.0 Å². The SMILES string of the molecule is [CH2]CCCOCC(COCCCOC(c1ccccc1)(c1ccc(OC)cc1)c1ccc(OC)cc1)(COCCCOC(c1ccccc1)(c1ccc(OC)cc1)c1ccc(OC)cc1)COCCCOC(c1ccccc1)(c1ccc(OC)cc1)c1ccc(OC)cc1. The third kappa shape index (κ3) is 17.3. The van der Waals surface area contributed by atoms with Crippen molar-refractivity contribution in [3.63, 3.8) is 0 Å². The Balaban J connectivity index is 0.954. The predicted octanol–water partition coefficient (Wildman–Crippen LogP) is 15.9. The van der Waals surface area contributed by atoms with E-state index in [0.717, 1.165) is 97.4 Å². The lowest BCUT2D eigenvalue weighted by Gasteiger charge is -2.36. The van der Waals surface area contributed by atoms with Gasteiger partial charge in [0.1, 0.15) is 51.3 Å². The van der Waals surface area contributed by atoms with Crippen molar-refractivity contribution >= 4 is 0 Å². The Morgan fingerprint density at radius 2 is 0.426 bits per heavy atom. The van der Waals surface area contributed by atoms with Crippen LogP contribution in [0.5, 0.6) is 34.5 Å². The third-order valence-electron chi connectivity index (χ3n) is 16.9. The lowest BCUT2D eigenvalue weighted by molar-refractivity contribution is -0.112. The first kappa shape index (κ1) is 69.8. The second-order valence-corrected chi connectivity index (χ2v) is 23.0. The van der Waals surface area contributed by atoms with Gasteiger partial charge in [0, 0.05) is 26.4 Å². The minimum Gasteiger partial charge on any atom is -0.497 e. The lowest BCUT2D eigenvalue weighted by atomic mass is 9.80. The van der Waals surface area contributed by atoms with Gasteiger partial charge in [-0.25, -0.2) is 0 Å². The molecule has 0 fully saturated rings. The van der Waals surface area contributed by atoms with Crippen molar-refractivity contribution in [3.05, 3.63) is 294 Å². The van der Waals surface area contributed by atoms with Gasteiger partial charge >= 0.3 is 0 Å². The van der Waals surface area contributed by atoms with Crippen LogP contribution in [0.3, 0.4) is 0 Å². The lowest BCUT2D eigenvalue weighted by Crippen LogP contribution is -2.42. The molecular formula is C81H91O13. The molecule has 9 aromatic rings. The summed E-state index contributed by atoms with van der Waals surface area (Å²) in [6, 6.07) is 79.4. The molecule has 94 heavy (non-hydrogen) atoms. The van der Waals surface area contributed by atoms with Crippen molar-refractivity contribution < 1.29 is 61.6 Å². The minimum atomic E-state index is -0.977.